The normalized spacial score (nSPS) is 10.9. The minimum Gasteiger partial charge on any atom is -0.508 e. The monoisotopic (exact) mass is 455 g/mol. The molecular formula is C29H29NO4. The van der Waals surface area contributed by atoms with Crippen LogP contribution in [0.15, 0.2) is 66.7 Å². The molecule has 0 amide bonds. The quantitative estimate of drug-likeness (QED) is 0.289. The van der Waals surface area contributed by atoms with Crippen molar-refractivity contribution in [1.29, 1.82) is 0 Å². The topological polar surface area (TPSA) is 73.2 Å². The van der Waals surface area contributed by atoms with Crippen molar-refractivity contribution in [3.63, 3.8) is 0 Å². The van der Waals surface area contributed by atoms with Crippen molar-refractivity contribution in [2.75, 3.05) is 4.90 Å². The lowest BCUT2D eigenvalue weighted by Crippen LogP contribution is -2.13. The molecule has 0 bridgehead atoms. The van der Waals surface area contributed by atoms with Crippen LogP contribution in [-0.2, 0) is 0 Å². The molecule has 0 fully saturated rings. The van der Waals surface area contributed by atoms with Gasteiger partial charge < -0.3 is 25.0 Å². The van der Waals surface area contributed by atoms with Crippen LogP contribution >= 0.6 is 0 Å². The Bertz CT molecular complexity index is 1280. The molecule has 0 aliphatic heterocycles. The van der Waals surface area contributed by atoms with Gasteiger partial charge in [0.05, 0.1) is 0 Å². The molecule has 3 N–H and O–H groups in total. The van der Waals surface area contributed by atoms with Crippen molar-refractivity contribution in [3.05, 3.63) is 94.5 Å². The molecule has 174 valence electrons. The van der Waals surface area contributed by atoms with E-state index >= 15 is 0 Å². The third-order valence-corrected chi connectivity index (χ3v) is 6.31. The molecule has 5 nitrogen and oxygen atoms in total. The van der Waals surface area contributed by atoms with Gasteiger partial charge in [-0.05, 0) is 123 Å². The second-order valence-corrected chi connectivity index (χ2v) is 8.64. The van der Waals surface area contributed by atoms with E-state index in [1.807, 2.05) is 77.1 Å². The largest absolute Gasteiger partial charge is 0.508 e. The average Bonchev–Trinajstić information content (AvgIpc) is 2.79. The SMILES string of the molecule is Cc1cc(O)cc(Oc2ccc(N(c3ccc(O)c(C)c3C)c3ccc(O)c(C)c3C)cc2)c1. The smallest absolute Gasteiger partial charge is 0.131 e. The third-order valence-electron chi connectivity index (χ3n) is 6.31. The second kappa shape index (κ2) is 9.02. The number of phenolic OH excluding ortho intramolecular Hbond substituents is 3. The highest BCUT2D eigenvalue weighted by atomic mass is 16.5. The van der Waals surface area contributed by atoms with Gasteiger partial charge in [0.15, 0.2) is 0 Å². The highest BCUT2D eigenvalue weighted by Crippen LogP contribution is 2.43. The van der Waals surface area contributed by atoms with Crippen molar-refractivity contribution in [2.45, 2.75) is 34.6 Å². The van der Waals surface area contributed by atoms with Crippen LogP contribution in [0.1, 0.15) is 27.8 Å². The van der Waals surface area contributed by atoms with E-state index in [4.69, 9.17) is 4.74 Å². The zero-order chi connectivity index (χ0) is 24.6. The van der Waals surface area contributed by atoms with Crippen LogP contribution in [0, 0.1) is 34.6 Å². The number of hydrogen-bond acceptors (Lipinski definition) is 5. The van der Waals surface area contributed by atoms with Crippen LogP contribution in [0.5, 0.6) is 28.7 Å². The van der Waals surface area contributed by atoms with E-state index in [2.05, 4.69) is 4.90 Å². The number of phenols is 3. The summed E-state index contributed by atoms with van der Waals surface area (Å²) >= 11 is 0. The summed E-state index contributed by atoms with van der Waals surface area (Å²) in [6.45, 7) is 9.67. The zero-order valence-electron chi connectivity index (χ0n) is 20.0. The Morgan fingerprint density at radius 3 is 1.59 bits per heavy atom. The summed E-state index contributed by atoms with van der Waals surface area (Å²) in [6, 6.07) is 20.0. The highest BCUT2D eigenvalue weighted by Gasteiger charge is 2.20. The standard InChI is InChI=1S/C29H29NO4/c1-17-14-23(31)16-25(15-17)34-24-8-6-22(7-9-24)30(26-10-12-28(32)20(4)18(26)2)27-11-13-29(33)21(5)19(27)3/h6-16,31-33H,1-5H3. The van der Waals surface area contributed by atoms with Crippen LogP contribution < -0.4 is 9.64 Å². The number of anilines is 3. The molecule has 0 aromatic heterocycles. The van der Waals surface area contributed by atoms with Gasteiger partial charge in [-0.25, -0.2) is 0 Å². The second-order valence-electron chi connectivity index (χ2n) is 8.64. The van der Waals surface area contributed by atoms with Crippen molar-refractivity contribution in [1.82, 2.24) is 0 Å². The first-order valence-corrected chi connectivity index (χ1v) is 11.1. The number of nitrogens with zero attached hydrogens (tertiary/aromatic N) is 1. The molecule has 0 heterocycles. The highest BCUT2D eigenvalue weighted by molar-refractivity contribution is 5.82. The fraction of sp³-hybridized carbons (Fsp3) is 0.172. The Morgan fingerprint density at radius 2 is 1.09 bits per heavy atom. The van der Waals surface area contributed by atoms with Crippen molar-refractivity contribution in [2.24, 2.45) is 0 Å². The summed E-state index contributed by atoms with van der Waals surface area (Å²) in [5.74, 6) is 1.88. The van der Waals surface area contributed by atoms with Crippen LogP contribution in [0.3, 0.4) is 0 Å². The molecule has 0 saturated carbocycles. The molecule has 0 unspecified atom stereocenters. The average molecular weight is 456 g/mol. The van der Waals surface area contributed by atoms with Gasteiger partial charge in [-0.15, -0.1) is 0 Å². The number of rotatable bonds is 5. The van der Waals surface area contributed by atoms with Gasteiger partial charge in [0, 0.05) is 23.1 Å². The first kappa shape index (κ1) is 23.1. The Hall–Kier alpha value is -4.12. The van der Waals surface area contributed by atoms with Gasteiger partial charge in [0.2, 0.25) is 0 Å². The van der Waals surface area contributed by atoms with Gasteiger partial charge in [-0.1, -0.05) is 0 Å². The van der Waals surface area contributed by atoms with Crippen LogP contribution in [0.4, 0.5) is 17.1 Å². The van der Waals surface area contributed by atoms with Crippen LogP contribution in [0.2, 0.25) is 0 Å². The Labute approximate surface area is 200 Å². The molecule has 34 heavy (non-hydrogen) atoms. The molecule has 0 atom stereocenters. The van der Waals surface area contributed by atoms with Gasteiger partial charge in [0.1, 0.15) is 28.7 Å². The molecule has 0 saturated heterocycles. The fourth-order valence-corrected chi connectivity index (χ4v) is 4.06. The van der Waals surface area contributed by atoms with E-state index in [-0.39, 0.29) is 17.2 Å². The number of benzene rings is 4. The lowest BCUT2D eigenvalue weighted by atomic mass is 10.0. The third kappa shape index (κ3) is 4.37. The summed E-state index contributed by atoms with van der Waals surface area (Å²) in [5.41, 5.74) is 7.22. The molecule has 0 spiro atoms. The molecule has 0 aliphatic rings. The van der Waals surface area contributed by atoms with Gasteiger partial charge in [0.25, 0.3) is 0 Å². The predicted molar refractivity (Wildman–Crippen MR) is 136 cm³/mol. The van der Waals surface area contributed by atoms with Gasteiger partial charge in [-0.3, -0.25) is 0 Å². The molecule has 4 aromatic carbocycles. The summed E-state index contributed by atoms with van der Waals surface area (Å²) in [4.78, 5) is 2.12. The van der Waals surface area contributed by atoms with E-state index < -0.39 is 0 Å². The van der Waals surface area contributed by atoms with Crippen LogP contribution in [-0.4, -0.2) is 15.3 Å². The zero-order valence-corrected chi connectivity index (χ0v) is 20.0. The predicted octanol–water partition coefficient (Wildman–Crippen LogP) is 7.61. The molecule has 0 radical (unpaired) electrons. The number of aromatic hydroxyl groups is 3. The first-order chi connectivity index (χ1) is 16.2. The van der Waals surface area contributed by atoms with Gasteiger partial charge >= 0.3 is 0 Å². The lowest BCUT2D eigenvalue weighted by Gasteiger charge is -2.30. The minimum absolute atomic E-state index is 0.161. The number of aryl methyl sites for hydroxylation is 1. The fourth-order valence-electron chi connectivity index (χ4n) is 4.06. The number of hydrogen-bond donors (Lipinski definition) is 3. The molecular weight excluding hydrogens is 426 g/mol. The van der Waals surface area contributed by atoms with E-state index in [0.29, 0.717) is 11.5 Å². The van der Waals surface area contributed by atoms with E-state index in [1.54, 1.807) is 24.3 Å². The maximum Gasteiger partial charge on any atom is 0.131 e. The maximum absolute atomic E-state index is 10.2. The maximum atomic E-state index is 10.2. The first-order valence-electron chi connectivity index (χ1n) is 11.1. The van der Waals surface area contributed by atoms with Crippen molar-refractivity contribution >= 4 is 17.1 Å². The molecule has 4 aromatic rings. The van der Waals surface area contributed by atoms with Crippen molar-refractivity contribution in [3.8, 4) is 28.7 Å². The van der Waals surface area contributed by atoms with Gasteiger partial charge in [-0.2, -0.15) is 0 Å². The van der Waals surface area contributed by atoms with E-state index in [0.717, 1.165) is 44.9 Å². The summed E-state index contributed by atoms with van der Waals surface area (Å²) < 4.78 is 5.96. The molecule has 5 heteroatoms. The Kier molecular flexibility index (Phi) is 6.12. The Balaban J connectivity index is 1.80. The summed E-state index contributed by atoms with van der Waals surface area (Å²) in [6.07, 6.45) is 0. The van der Waals surface area contributed by atoms with E-state index in [1.165, 1.54) is 0 Å². The summed E-state index contributed by atoms with van der Waals surface area (Å²) in [5, 5.41) is 30.3. The minimum atomic E-state index is 0.161. The number of ether oxygens (including phenoxy) is 1. The summed E-state index contributed by atoms with van der Waals surface area (Å²) in [7, 11) is 0. The molecule has 4 rings (SSSR count). The van der Waals surface area contributed by atoms with Crippen LogP contribution in [0.25, 0.3) is 0 Å². The van der Waals surface area contributed by atoms with Crippen molar-refractivity contribution < 1.29 is 20.1 Å². The lowest BCUT2D eigenvalue weighted by molar-refractivity contribution is 0.454. The molecule has 0 aliphatic carbocycles. The van der Waals surface area contributed by atoms with E-state index in [9.17, 15) is 15.3 Å². The Morgan fingerprint density at radius 1 is 0.559 bits per heavy atom.